The van der Waals surface area contributed by atoms with Crippen LogP contribution >= 0.6 is 0 Å². The van der Waals surface area contributed by atoms with E-state index in [1.54, 1.807) is 42.7 Å². The summed E-state index contributed by atoms with van der Waals surface area (Å²) < 4.78 is 11.5. The Morgan fingerprint density at radius 3 is 1.83 bits per heavy atom. The Morgan fingerprint density at radius 2 is 1.20 bits per heavy atom. The molecule has 0 saturated heterocycles. The van der Waals surface area contributed by atoms with Gasteiger partial charge in [0.2, 0.25) is 0 Å². The lowest BCUT2D eigenvalue weighted by Crippen LogP contribution is -1.98. The topological polar surface area (TPSA) is 93.1 Å². The van der Waals surface area contributed by atoms with Crippen LogP contribution in [0.5, 0.6) is 11.5 Å². The fourth-order valence-electron chi connectivity index (χ4n) is 3.80. The number of ether oxygens (including phenoxy) is 2. The summed E-state index contributed by atoms with van der Waals surface area (Å²) in [4.78, 5) is 22.2. The minimum atomic E-state index is -0.937. The third-order valence-corrected chi connectivity index (χ3v) is 5.70. The number of hydrogen-bond donors (Lipinski definition) is 2. The number of unbranched alkanes of at least 4 members (excludes halogenated alkanes) is 3. The number of carbonyl (C=O) groups is 2. The first-order chi connectivity index (χ1) is 17.0. The lowest BCUT2D eigenvalue weighted by atomic mass is 10.1. The van der Waals surface area contributed by atoms with Crippen LogP contribution in [0.15, 0.2) is 85.1 Å². The van der Waals surface area contributed by atoms with E-state index in [1.807, 2.05) is 42.5 Å². The van der Waals surface area contributed by atoms with Crippen molar-refractivity contribution in [1.29, 1.82) is 0 Å². The molecule has 35 heavy (non-hydrogen) atoms. The maximum Gasteiger partial charge on any atom is 0.335 e. The average molecular weight is 471 g/mol. The van der Waals surface area contributed by atoms with Gasteiger partial charge < -0.3 is 19.7 Å². The van der Waals surface area contributed by atoms with Crippen molar-refractivity contribution in [3.05, 3.63) is 96.3 Å². The SMILES string of the molecule is O=C(O)c1ccc2cc(OC=CCCCCCOc3ccc4cc(C(=O)O)ccc4c3)ccc2c1. The molecule has 6 nitrogen and oxygen atoms in total. The molecule has 178 valence electrons. The maximum absolute atomic E-state index is 11.1. The molecule has 0 fully saturated rings. The lowest BCUT2D eigenvalue weighted by molar-refractivity contribution is 0.0686. The van der Waals surface area contributed by atoms with Gasteiger partial charge in [-0.25, -0.2) is 9.59 Å². The molecule has 4 aromatic carbocycles. The van der Waals surface area contributed by atoms with E-state index in [1.165, 1.54) is 0 Å². The maximum atomic E-state index is 11.1. The van der Waals surface area contributed by atoms with Gasteiger partial charge in [-0.2, -0.15) is 0 Å². The van der Waals surface area contributed by atoms with Gasteiger partial charge in [0.05, 0.1) is 24.0 Å². The van der Waals surface area contributed by atoms with Crippen molar-refractivity contribution in [2.24, 2.45) is 0 Å². The number of carboxylic acids is 2. The van der Waals surface area contributed by atoms with Crippen molar-refractivity contribution in [2.75, 3.05) is 6.61 Å². The summed E-state index contributed by atoms with van der Waals surface area (Å²) in [6.07, 6.45) is 7.57. The van der Waals surface area contributed by atoms with E-state index >= 15 is 0 Å². The molecule has 0 atom stereocenters. The van der Waals surface area contributed by atoms with Crippen molar-refractivity contribution >= 4 is 33.5 Å². The smallest absolute Gasteiger partial charge is 0.335 e. The van der Waals surface area contributed by atoms with Crippen molar-refractivity contribution in [2.45, 2.75) is 25.7 Å². The molecule has 0 bridgehead atoms. The standard InChI is InChI=1S/C29H26O6/c30-28(31)24-8-6-22-18-26(12-10-20(22)16-24)34-14-4-2-1-3-5-15-35-27-13-11-21-17-25(29(32)33)9-7-23(21)19-27/h4,6-14,16-19H,1-3,5,15H2,(H,30,31)(H,32,33). The molecule has 0 radical (unpaired) electrons. The van der Waals surface area contributed by atoms with E-state index in [9.17, 15) is 9.59 Å². The molecule has 6 heteroatoms. The van der Waals surface area contributed by atoms with Gasteiger partial charge in [-0.15, -0.1) is 0 Å². The zero-order valence-electron chi connectivity index (χ0n) is 19.1. The van der Waals surface area contributed by atoms with Gasteiger partial charge in [0.25, 0.3) is 0 Å². The summed E-state index contributed by atoms with van der Waals surface area (Å²) in [5.74, 6) is -0.379. The van der Waals surface area contributed by atoms with Gasteiger partial charge >= 0.3 is 11.9 Å². The number of carboxylic acid groups (broad SMARTS) is 2. The molecule has 4 aromatic rings. The molecular weight excluding hydrogens is 444 g/mol. The molecule has 0 aromatic heterocycles. The predicted octanol–water partition coefficient (Wildman–Crippen LogP) is 6.92. The first kappa shape index (κ1) is 23.8. The van der Waals surface area contributed by atoms with Crippen LogP contribution in [-0.2, 0) is 0 Å². The van der Waals surface area contributed by atoms with Gasteiger partial charge in [-0.3, -0.25) is 0 Å². The largest absolute Gasteiger partial charge is 0.494 e. The number of allylic oxidation sites excluding steroid dienone is 1. The Bertz CT molecular complexity index is 1390. The quantitative estimate of drug-likeness (QED) is 0.183. The number of fused-ring (bicyclic) bond motifs is 2. The van der Waals surface area contributed by atoms with Gasteiger partial charge in [0.15, 0.2) is 0 Å². The highest BCUT2D eigenvalue weighted by Crippen LogP contribution is 2.24. The van der Waals surface area contributed by atoms with E-state index in [4.69, 9.17) is 19.7 Å². The Labute approximate surface area is 203 Å². The summed E-state index contributed by atoms with van der Waals surface area (Å²) in [6, 6.07) is 21.3. The molecule has 0 heterocycles. The molecule has 2 N–H and O–H groups in total. The van der Waals surface area contributed by atoms with Crippen LogP contribution in [0.25, 0.3) is 21.5 Å². The highest BCUT2D eigenvalue weighted by molar-refractivity contribution is 5.95. The molecule has 0 saturated carbocycles. The highest BCUT2D eigenvalue weighted by atomic mass is 16.5. The van der Waals surface area contributed by atoms with Gasteiger partial charge in [-0.1, -0.05) is 24.3 Å². The number of benzene rings is 4. The molecule has 0 spiro atoms. The van der Waals surface area contributed by atoms with Crippen LogP contribution in [0, 0.1) is 0 Å². The minimum Gasteiger partial charge on any atom is -0.494 e. The summed E-state index contributed by atoms with van der Waals surface area (Å²) in [6.45, 7) is 0.625. The van der Waals surface area contributed by atoms with E-state index in [0.29, 0.717) is 12.4 Å². The molecule has 0 aliphatic carbocycles. The number of aromatic carboxylic acids is 2. The Kier molecular flexibility index (Phi) is 7.63. The monoisotopic (exact) mass is 470 g/mol. The van der Waals surface area contributed by atoms with Crippen molar-refractivity contribution in [3.8, 4) is 11.5 Å². The normalized spacial score (nSPS) is 11.2. The molecule has 4 rings (SSSR count). The minimum absolute atomic E-state index is 0.268. The summed E-state index contributed by atoms with van der Waals surface area (Å²) in [5, 5.41) is 21.8. The van der Waals surface area contributed by atoms with Crippen molar-refractivity contribution < 1.29 is 29.3 Å². The Balaban J connectivity index is 1.15. The van der Waals surface area contributed by atoms with Crippen LogP contribution in [0.2, 0.25) is 0 Å². The summed E-state index contributed by atoms with van der Waals surface area (Å²) in [7, 11) is 0. The van der Waals surface area contributed by atoms with E-state index in [2.05, 4.69) is 0 Å². The van der Waals surface area contributed by atoms with Crippen LogP contribution in [0.4, 0.5) is 0 Å². The molecular formula is C29H26O6. The van der Waals surface area contributed by atoms with Crippen LogP contribution in [0.1, 0.15) is 46.4 Å². The molecule has 0 unspecified atom stereocenters. The van der Waals surface area contributed by atoms with Crippen LogP contribution in [0.3, 0.4) is 0 Å². The average Bonchev–Trinajstić information content (AvgIpc) is 2.86. The third kappa shape index (κ3) is 6.38. The van der Waals surface area contributed by atoms with Crippen LogP contribution in [-0.4, -0.2) is 28.8 Å². The fraction of sp³-hybridized carbons (Fsp3) is 0.172. The highest BCUT2D eigenvalue weighted by Gasteiger charge is 2.05. The van der Waals surface area contributed by atoms with Gasteiger partial charge in [-0.05, 0) is 102 Å². The molecule has 0 amide bonds. The third-order valence-electron chi connectivity index (χ3n) is 5.70. The van der Waals surface area contributed by atoms with Gasteiger partial charge in [0, 0.05) is 0 Å². The zero-order chi connectivity index (χ0) is 24.6. The second kappa shape index (κ2) is 11.2. The first-order valence-corrected chi connectivity index (χ1v) is 11.5. The number of rotatable bonds is 11. The zero-order valence-corrected chi connectivity index (χ0v) is 19.1. The van der Waals surface area contributed by atoms with Gasteiger partial charge in [0.1, 0.15) is 11.5 Å². The van der Waals surface area contributed by atoms with E-state index in [-0.39, 0.29) is 11.1 Å². The van der Waals surface area contributed by atoms with Crippen LogP contribution < -0.4 is 9.47 Å². The molecule has 0 aliphatic heterocycles. The fourth-order valence-corrected chi connectivity index (χ4v) is 3.80. The van der Waals surface area contributed by atoms with E-state index < -0.39 is 11.9 Å². The Morgan fingerprint density at radius 1 is 0.657 bits per heavy atom. The summed E-state index contributed by atoms with van der Waals surface area (Å²) >= 11 is 0. The second-order valence-electron chi connectivity index (χ2n) is 8.25. The van der Waals surface area contributed by atoms with E-state index in [0.717, 1.165) is 53.0 Å². The van der Waals surface area contributed by atoms with Crippen molar-refractivity contribution in [3.63, 3.8) is 0 Å². The Hall–Kier alpha value is -4.32. The van der Waals surface area contributed by atoms with Crippen molar-refractivity contribution in [1.82, 2.24) is 0 Å². The second-order valence-corrected chi connectivity index (χ2v) is 8.25. The summed E-state index contributed by atoms with van der Waals surface area (Å²) in [5.41, 5.74) is 0.545. The first-order valence-electron chi connectivity index (χ1n) is 11.5. The lowest BCUT2D eigenvalue weighted by Gasteiger charge is -2.07. The predicted molar refractivity (Wildman–Crippen MR) is 136 cm³/mol. The number of hydrogen-bond acceptors (Lipinski definition) is 4. The molecule has 0 aliphatic rings.